The maximum Gasteiger partial charge on any atom is -0.0208 e. The van der Waals surface area contributed by atoms with E-state index in [2.05, 4.69) is 26.0 Å². The second kappa shape index (κ2) is 4.58. The molecule has 0 saturated heterocycles. The van der Waals surface area contributed by atoms with Gasteiger partial charge in [0.15, 0.2) is 0 Å². The Kier molecular flexibility index (Phi) is 3.68. The van der Waals surface area contributed by atoms with Crippen LogP contribution in [0.5, 0.6) is 0 Å². The molecule has 0 aliphatic heterocycles. The molecular formula is C11H20. The van der Waals surface area contributed by atoms with E-state index in [0.717, 1.165) is 11.8 Å². The fraction of sp³-hybridized carbons (Fsp3) is 0.818. The van der Waals surface area contributed by atoms with Crippen molar-refractivity contribution in [2.75, 3.05) is 0 Å². The highest BCUT2D eigenvalue weighted by molar-refractivity contribution is 4.95. The van der Waals surface area contributed by atoms with Crippen molar-refractivity contribution in [3.63, 3.8) is 0 Å². The lowest BCUT2D eigenvalue weighted by molar-refractivity contribution is 0.358. The summed E-state index contributed by atoms with van der Waals surface area (Å²) in [6.45, 7) is 4.67. The van der Waals surface area contributed by atoms with E-state index in [1.165, 1.54) is 32.1 Å². The van der Waals surface area contributed by atoms with Crippen molar-refractivity contribution < 1.29 is 0 Å². The first-order chi connectivity index (χ1) is 5.34. The zero-order valence-corrected chi connectivity index (χ0v) is 7.84. The van der Waals surface area contributed by atoms with Crippen LogP contribution in [0.25, 0.3) is 0 Å². The average Bonchev–Trinajstić information content (AvgIpc) is 2.03. The largest absolute Gasteiger partial charge is 0.0882 e. The Morgan fingerprint density at radius 2 is 2.27 bits per heavy atom. The standard InChI is InChI=1S/C11H20/c1-3-4-8-11-9-6-5-7-10(11)2/h6,9-11H,3-5,7-8H2,1-2H3. The van der Waals surface area contributed by atoms with Crippen molar-refractivity contribution in [2.45, 2.75) is 46.0 Å². The Hall–Kier alpha value is -0.260. The summed E-state index contributed by atoms with van der Waals surface area (Å²) in [6.07, 6.45) is 11.7. The zero-order valence-electron chi connectivity index (χ0n) is 7.84. The molecule has 1 rings (SSSR count). The van der Waals surface area contributed by atoms with E-state index >= 15 is 0 Å². The van der Waals surface area contributed by atoms with Gasteiger partial charge in [-0.15, -0.1) is 0 Å². The minimum absolute atomic E-state index is 0.892. The fourth-order valence-corrected chi connectivity index (χ4v) is 1.85. The maximum atomic E-state index is 2.43. The van der Waals surface area contributed by atoms with Gasteiger partial charge in [0, 0.05) is 0 Å². The molecule has 0 spiro atoms. The van der Waals surface area contributed by atoms with E-state index in [1.807, 2.05) is 0 Å². The summed E-state index contributed by atoms with van der Waals surface area (Å²) in [5, 5.41) is 0. The molecule has 0 N–H and O–H groups in total. The molecule has 0 bridgehead atoms. The molecule has 64 valence electrons. The van der Waals surface area contributed by atoms with E-state index in [9.17, 15) is 0 Å². The van der Waals surface area contributed by atoms with Crippen molar-refractivity contribution in [1.82, 2.24) is 0 Å². The first-order valence-electron chi connectivity index (χ1n) is 5.01. The third-order valence-corrected chi connectivity index (χ3v) is 2.79. The molecule has 0 radical (unpaired) electrons. The van der Waals surface area contributed by atoms with Gasteiger partial charge in [0.1, 0.15) is 0 Å². The maximum absolute atomic E-state index is 2.43. The highest BCUT2D eigenvalue weighted by atomic mass is 14.2. The Bertz CT molecular complexity index is 124. The molecule has 11 heavy (non-hydrogen) atoms. The van der Waals surface area contributed by atoms with Crippen molar-refractivity contribution >= 4 is 0 Å². The van der Waals surface area contributed by atoms with E-state index in [-0.39, 0.29) is 0 Å². The van der Waals surface area contributed by atoms with Crippen LogP contribution in [0.1, 0.15) is 46.0 Å². The van der Waals surface area contributed by atoms with Crippen LogP contribution >= 0.6 is 0 Å². The highest BCUT2D eigenvalue weighted by Crippen LogP contribution is 2.27. The molecule has 0 fully saturated rings. The van der Waals surface area contributed by atoms with Gasteiger partial charge in [0.2, 0.25) is 0 Å². The number of hydrogen-bond acceptors (Lipinski definition) is 0. The molecule has 0 aromatic heterocycles. The molecule has 1 aliphatic carbocycles. The van der Waals surface area contributed by atoms with E-state index in [1.54, 1.807) is 0 Å². The summed E-state index contributed by atoms with van der Waals surface area (Å²) in [7, 11) is 0. The van der Waals surface area contributed by atoms with Gasteiger partial charge in [0.25, 0.3) is 0 Å². The first kappa shape index (κ1) is 8.83. The summed E-state index contributed by atoms with van der Waals surface area (Å²) in [6, 6.07) is 0. The van der Waals surface area contributed by atoms with Gasteiger partial charge >= 0.3 is 0 Å². The van der Waals surface area contributed by atoms with Crippen LogP contribution in [-0.4, -0.2) is 0 Å². The Labute approximate surface area is 70.7 Å². The molecule has 0 aromatic rings. The Morgan fingerprint density at radius 3 is 2.91 bits per heavy atom. The smallest absolute Gasteiger partial charge is 0.0208 e. The van der Waals surface area contributed by atoms with Gasteiger partial charge in [-0.05, 0) is 31.1 Å². The third-order valence-electron chi connectivity index (χ3n) is 2.79. The molecule has 2 unspecified atom stereocenters. The van der Waals surface area contributed by atoms with Crippen LogP contribution in [-0.2, 0) is 0 Å². The molecular weight excluding hydrogens is 132 g/mol. The van der Waals surface area contributed by atoms with Gasteiger partial charge in [0.05, 0.1) is 0 Å². The van der Waals surface area contributed by atoms with Gasteiger partial charge in [-0.1, -0.05) is 38.8 Å². The molecule has 0 aromatic carbocycles. The fourth-order valence-electron chi connectivity index (χ4n) is 1.85. The minimum Gasteiger partial charge on any atom is -0.0882 e. The lowest BCUT2D eigenvalue weighted by atomic mass is 9.82. The van der Waals surface area contributed by atoms with Gasteiger partial charge in [-0.3, -0.25) is 0 Å². The normalized spacial score (nSPS) is 30.7. The minimum atomic E-state index is 0.892. The Morgan fingerprint density at radius 1 is 1.45 bits per heavy atom. The average molecular weight is 152 g/mol. The predicted octanol–water partition coefficient (Wildman–Crippen LogP) is 3.78. The molecule has 0 saturated carbocycles. The number of unbranched alkanes of at least 4 members (excludes halogenated alkanes) is 1. The van der Waals surface area contributed by atoms with Crippen molar-refractivity contribution in [3.05, 3.63) is 12.2 Å². The summed E-state index contributed by atoms with van der Waals surface area (Å²) in [5.41, 5.74) is 0. The number of allylic oxidation sites excluding steroid dienone is 2. The van der Waals surface area contributed by atoms with Gasteiger partial charge in [-0.2, -0.15) is 0 Å². The van der Waals surface area contributed by atoms with Gasteiger partial charge < -0.3 is 0 Å². The van der Waals surface area contributed by atoms with Crippen LogP contribution in [0.2, 0.25) is 0 Å². The number of rotatable bonds is 3. The summed E-state index contributed by atoms with van der Waals surface area (Å²) in [4.78, 5) is 0. The monoisotopic (exact) mass is 152 g/mol. The van der Waals surface area contributed by atoms with E-state index in [0.29, 0.717) is 0 Å². The molecule has 2 atom stereocenters. The van der Waals surface area contributed by atoms with Crippen LogP contribution in [0.4, 0.5) is 0 Å². The zero-order chi connectivity index (χ0) is 8.10. The van der Waals surface area contributed by atoms with Crippen molar-refractivity contribution in [2.24, 2.45) is 11.8 Å². The molecule has 0 heterocycles. The lowest BCUT2D eigenvalue weighted by Gasteiger charge is -2.23. The van der Waals surface area contributed by atoms with Crippen LogP contribution < -0.4 is 0 Å². The SMILES string of the molecule is CCCCC1C=CCCC1C. The first-order valence-corrected chi connectivity index (χ1v) is 5.01. The highest BCUT2D eigenvalue weighted by Gasteiger charge is 2.15. The molecule has 0 amide bonds. The second-order valence-electron chi connectivity index (χ2n) is 3.79. The second-order valence-corrected chi connectivity index (χ2v) is 3.79. The molecule has 1 aliphatic rings. The van der Waals surface area contributed by atoms with Crippen LogP contribution in [0.3, 0.4) is 0 Å². The Balaban J connectivity index is 2.29. The topological polar surface area (TPSA) is 0 Å². The molecule has 0 nitrogen and oxygen atoms in total. The van der Waals surface area contributed by atoms with Crippen molar-refractivity contribution in [1.29, 1.82) is 0 Å². The van der Waals surface area contributed by atoms with E-state index < -0.39 is 0 Å². The number of hydrogen-bond donors (Lipinski definition) is 0. The van der Waals surface area contributed by atoms with Crippen LogP contribution in [0, 0.1) is 11.8 Å². The molecule has 0 heteroatoms. The van der Waals surface area contributed by atoms with Gasteiger partial charge in [-0.25, -0.2) is 0 Å². The predicted molar refractivity (Wildman–Crippen MR) is 50.6 cm³/mol. The summed E-state index contributed by atoms with van der Waals surface area (Å²) < 4.78 is 0. The summed E-state index contributed by atoms with van der Waals surface area (Å²) in [5.74, 6) is 1.83. The van der Waals surface area contributed by atoms with Crippen molar-refractivity contribution in [3.8, 4) is 0 Å². The third kappa shape index (κ3) is 2.69. The lowest BCUT2D eigenvalue weighted by Crippen LogP contribution is -2.12. The van der Waals surface area contributed by atoms with Crippen LogP contribution in [0.15, 0.2) is 12.2 Å². The quantitative estimate of drug-likeness (QED) is 0.540. The summed E-state index contributed by atoms with van der Waals surface area (Å²) >= 11 is 0. The van der Waals surface area contributed by atoms with E-state index in [4.69, 9.17) is 0 Å².